The Morgan fingerprint density at radius 1 is 0.339 bits per heavy atom. The van der Waals surface area contributed by atoms with Gasteiger partial charge in [-0.2, -0.15) is 0 Å². The predicted molar refractivity (Wildman–Crippen MR) is 233 cm³/mol. The van der Waals surface area contributed by atoms with Gasteiger partial charge in [0.25, 0.3) is 0 Å². The molecule has 0 saturated heterocycles. The van der Waals surface area contributed by atoms with E-state index in [-0.39, 0.29) is 0 Å². The average molecular weight is 734 g/mol. The summed E-state index contributed by atoms with van der Waals surface area (Å²) in [4.78, 5) is 15.5. The van der Waals surface area contributed by atoms with Crippen molar-refractivity contribution in [3.8, 4) is 67.5 Å². The van der Waals surface area contributed by atoms with Crippen molar-refractivity contribution in [1.82, 2.24) is 15.0 Å². The minimum absolute atomic E-state index is 0.553. The normalized spacial score (nSPS) is 11.6. The van der Waals surface area contributed by atoms with Crippen LogP contribution in [0.15, 0.2) is 192 Å². The number of rotatable bonds is 6. The first-order valence-electron chi connectivity index (χ1n) is 18.7. The van der Waals surface area contributed by atoms with Crippen LogP contribution in [0.2, 0.25) is 0 Å². The van der Waals surface area contributed by atoms with Gasteiger partial charge in [-0.25, -0.2) is 15.0 Å². The molecule has 0 aliphatic heterocycles. The van der Waals surface area contributed by atoms with E-state index in [1.54, 1.807) is 0 Å². The standard InChI is InChI=1S/C51H31N3OS/c1-4-14-32(15-5-1)36-28-37(33-16-6-2-7-17-33)30-38(29-36)50-52-49(34-18-8-3-9-19-34)53-51(54-50)42-23-12-22-41-47-39(21-13-24-44(47)55-48(41)42)35-26-27-46-43(31-35)40-20-10-11-25-45(40)56-46/h1-31H. The molecular formula is C51H31N3OS. The Morgan fingerprint density at radius 2 is 0.893 bits per heavy atom. The van der Waals surface area contributed by atoms with Gasteiger partial charge in [-0.1, -0.05) is 140 Å². The number of hydrogen-bond acceptors (Lipinski definition) is 5. The van der Waals surface area contributed by atoms with Crippen LogP contribution in [0.4, 0.5) is 0 Å². The molecule has 0 unspecified atom stereocenters. The molecule has 11 rings (SSSR count). The molecule has 0 fully saturated rings. The van der Waals surface area contributed by atoms with Crippen LogP contribution in [0.1, 0.15) is 0 Å². The smallest absolute Gasteiger partial charge is 0.167 e. The molecule has 0 spiro atoms. The van der Waals surface area contributed by atoms with Crippen molar-refractivity contribution in [3.63, 3.8) is 0 Å². The Balaban J connectivity index is 1.12. The molecule has 0 bridgehead atoms. The third kappa shape index (κ3) is 5.56. The van der Waals surface area contributed by atoms with Crippen LogP contribution in [0.5, 0.6) is 0 Å². The summed E-state index contributed by atoms with van der Waals surface area (Å²) in [6.45, 7) is 0. The van der Waals surface area contributed by atoms with E-state index in [0.29, 0.717) is 17.5 Å². The second-order valence-electron chi connectivity index (χ2n) is 14.0. The van der Waals surface area contributed by atoms with E-state index in [1.165, 1.54) is 20.2 Å². The molecule has 5 heteroatoms. The molecule has 0 atom stereocenters. The van der Waals surface area contributed by atoms with Crippen molar-refractivity contribution >= 4 is 53.4 Å². The van der Waals surface area contributed by atoms with Crippen molar-refractivity contribution in [3.05, 3.63) is 188 Å². The van der Waals surface area contributed by atoms with Gasteiger partial charge in [0.2, 0.25) is 0 Å². The molecule has 8 aromatic carbocycles. The van der Waals surface area contributed by atoms with Crippen molar-refractivity contribution in [1.29, 1.82) is 0 Å². The lowest BCUT2D eigenvalue weighted by molar-refractivity contribution is 0.669. The van der Waals surface area contributed by atoms with Crippen LogP contribution in [0, 0.1) is 0 Å². The lowest BCUT2D eigenvalue weighted by atomic mass is 9.96. The van der Waals surface area contributed by atoms with Gasteiger partial charge in [0, 0.05) is 42.1 Å². The zero-order valence-corrected chi connectivity index (χ0v) is 30.9. The highest BCUT2D eigenvalue weighted by molar-refractivity contribution is 7.25. The number of furan rings is 1. The second kappa shape index (κ2) is 13.3. The van der Waals surface area contributed by atoms with Crippen LogP contribution in [0.3, 0.4) is 0 Å². The van der Waals surface area contributed by atoms with Gasteiger partial charge >= 0.3 is 0 Å². The molecule has 0 aliphatic carbocycles. The molecule has 11 aromatic rings. The zero-order valence-electron chi connectivity index (χ0n) is 30.1. The van der Waals surface area contributed by atoms with Crippen LogP contribution in [0.25, 0.3) is 110 Å². The second-order valence-corrected chi connectivity index (χ2v) is 15.1. The number of fused-ring (bicyclic) bond motifs is 6. The molecule has 0 radical (unpaired) electrons. The van der Waals surface area contributed by atoms with Crippen molar-refractivity contribution in [2.45, 2.75) is 0 Å². The Hall–Kier alpha value is -7.21. The Kier molecular flexibility index (Phi) is 7.64. The number of para-hydroxylation sites is 1. The molecule has 0 saturated carbocycles. The molecule has 3 heterocycles. The fourth-order valence-corrected chi connectivity index (χ4v) is 8.94. The highest BCUT2D eigenvalue weighted by Crippen LogP contribution is 2.43. The van der Waals surface area contributed by atoms with E-state index < -0.39 is 0 Å². The fraction of sp³-hybridized carbons (Fsp3) is 0. The summed E-state index contributed by atoms with van der Waals surface area (Å²) in [5, 5.41) is 4.64. The largest absolute Gasteiger partial charge is 0.455 e. The van der Waals surface area contributed by atoms with Gasteiger partial charge in [-0.3, -0.25) is 0 Å². The summed E-state index contributed by atoms with van der Waals surface area (Å²) >= 11 is 1.83. The topological polar surface area (TPSA) is 51.8 Å². The molecule has 3 aromatic heterocycles. The molecule has 0 N–H and O–H groups in total. The van der Waals surface area contributed by atoms with E-state index in [2.05, 4.69) is 146 Å². The summed E-state index contributed by atoms with van der Waals surface area (Å²) < 4.78 is 9.37. The minimum atomic E-state index is 0.553. The minimum Gasteiger partial charge on any atom is -0.455 e. The van der Waals surface area contributed by atoms with Gasteiger partial charge in [0.15, 0.2) is 17.5 Å². The number of aromatic nitrogens is 3. The van der Waals surface area contributed by atoms with E-state index in [9.17, 15) is 0 Å². The molecule has 262 valence electrons. The van der Waals surface area contributed by atoms with E-state index in [4.69, 9.17) is 19.4 Å². The summed E-state index contributed by atoms with van der Waals surface area (Å²) in [6.07, 6.45) is 0. The van der Waals surface area contributed by atoms with Gasteiger partial charge in [0.05, 0.1) is 5.56 Å². The molecule has 0 aliphatic rings. The molecular weight excluding hydrogens is 703 g/mol. The van der Waals surface area contributed by atoms with E-state index >= 15 is 0 Å². The van der Waals surface area contributed by atoms with Crippen LogP contribution in [-0.4, -0.2) is 15.0 Å². The maximum absolute atomic E-state index is 6.79. The predicted octanol–water partition coefficient (Wildman–Crippen LogP) is 14.1. The monoisotopic (exact) mass is 733 g/mol. The zero-order chi connectivity index (χ0) is 37.0. The molecule has 0 amide bonds. The van der Waals surface area contributed by atoms with Crippen molar-refractivity contribution in [2.24, 2.45) is 0 Å². The third-order valence-electron chi connectivity index (χ3n) is 10.5. The van der Waals surface area contributed by atoms with Gasteiger partial charge in [0.1, 0.15) is 11.2 Å². The lowest BCUT2D eigenvalue weighted by Gasteiger charge is -2.12. The van der Waals surface area contributed by atoms with E-state index in [0.717, 1.165) is 72.0 Å². The maximum atomic E-state index is 6.79. The number of hydrogen-bond donors (Lipinski definition) is 0. The number of thiophene rings is 1. The van der Waals surface area contributed by atoms with Gasteiger partial charge in [-0.15, -0.1) is 11.3 Å². The van der Waals surface area contributed by atoms with Crippen molar-refractivity contribution in [2.75, 3.05) is 0 Å². The lowest BCUT2D eigenvalue weighted by Crippen LogP contribution is -2.00. The first-order valence-corrected chi connectivity index (χ1v) is 19.5. The molecule has 56 heavy (non-hydrogen) atoms. The van der Waals surface area contributed by atoms with E-state index in [1.807, 2.05) is 53.8 Å². The SMILES string of the molecule is c1ccc(-c2cc(-c3ccccc3)cc(-c3nc(-c4ccccc4)nc(-c4cccc5c4oc4cccc(-c6ccc7sc8ccccc8c7c6)c45)n3)c2)cc1. The average Bonchev–Trinajstić information content (AvgIpc) is 3.85. The summed E-state index contributed by atoms with van der Waals surface area (Å²) in [7, 11) is 0. The van der Waals surface area contributed by atoms with Crippen LogP contribution >= 0.6 is 11.3 Å². The highest BCUT2D eigenvalue weighted by atomic mass is 32.1. The molecule has 4 nitrogen and oxygen atoms in total. The maximum Gasteiger partial charge on any atom is 0.167 e. The van der Waals surface area contributed by atoms with Gasteiger partial charge < -0.3 is 4.42 Å². The van der Waals surface area contributed by atoms with Crippen LogP contribution < -0.4 is 0 Å². The summed E-state index contributed by atoms with van der Waals surface area (Å²) in [6, 6.07) is 65.7. The van der Waals surface area contributed by atoms with Gasteiger partial charge in [-0.05, 0) is 81.9 Å². The van der Waals surface area contributed by atoms with Crippen LogP contribution in [-0.2, 0) is 0 Å². The third-order valence-corrected chi connectivity index (χ3v) is 11.7. The number of benzene rings is 8. The Labute approximate surface area is 327 Å². The highest BCUT2D eigenvalue weighted by Gasteiger charge is 2.20. The number of nitrogens with zero attached hydrogens (tertiary/aromatic N) is 3. The summed E-state index contributed by atoms with van der Waals surface area (Å²) in [5.41, 5.74) is 10.9. The summed E-state index contributed by atoms with van der Waals surface area (Å²) in [5.74, 6) is 1.74. The van der Waals surface area contributed by atoms with Crippen molar-refractivity contribution < 1.29 is 4.42 Å². The fourth-order valence-electron chi connectivity index (χ4n) is 7.85. The Bertz CT molecular complexity index is 3180. The Morgan fingerprint density at radius 3 is 1.62 bits per heavy atom. The quantitative estimate of drug-likeness (QED) is 0.171. The first-order chi connectivity index (χ1) is 27.7. The first kappa shape index (κ1) is 32.2.